The first-order chi connectivity index (χ1) is 15.2. The first-order valence-corrected chi connectivity index (χ1v) is 16.7. The molecule has 3 nitrogen and oxygen atoms in total. The van der Waals surface area contributed by atoms with Crippen molar-refractivity contribution in [2.24, 2.45) is 0 Å². The minimum absolute atomic E-state index is 0.197. The Morgan fingerprint density at radius 3 is 1.85 bits per heavy atom. The second kappa shape index (κ2) is 13.3. The van der Waals surface area contributed by atoms with E-state index in [1.165, 1.54) is 51.4 Å². The van der Waals surface area contributed by atoms with Crippen molar-refractivity contribution in [3.63, 3.8) is 0 Å². The topological polar surface area (TPSA) is 27.7 Å². The normalized spacial score (nSPS) is 20.1. The van der Waals surface area contributed by atoms with Crippen LogP contribution in [0, 0.1) is 0 Å². The monoisotopic (exact) mass is 480 g/mol. The summed E-state index contributed by atoms with van der Waals surface area (Å²) in [5.74, 6) is 0.271. The Morgan fingerprint density at radius 1 is 0.909 bits per heavy atom. The number of unbranched alkanes of at least 4 members (excludes halogenated alkanes) is 7. The molecular weight excluding hydrogens is 423 g/mol. The number of allylic oxidation sites excluding steroid dienone is 1. The fourth-order valence-corrected chi connectivity index (χ4v) is 5.68. The van der Waals surface area contributed by atoms with Gasteiger partial charge in [0.15, 0.2) is 8.32 Å². The molecule has 0 N–H and O–H groups in total. The van der Waals surface area contributed by atoms with Gasteiger partial charge in [0, 0.05) is 6.10 Å². The molecular formula is C28H57BO3Si. The van der Waals surface area contributed by atoms with Gasteiger partial charge in [-0.25, -0.2) is 0 Å². The smallest absolute Gasteiger partial charge is 0.414 e. The van der Waals surface area contributed by atoms with Crippen molar-refractivity contribution in [3.8, 4) is 0 Å². The maximum Gasteiger partial charge on any atom is 0.461 e. The standard InChI is InChI=1S/C28H57BO3Si/c1-12-14-15-16-17-18-19-20-22-25(30-33(10,11)26(3,4)5)23-24(21-13-2)29-31-27(6,7)28(8,9)32-29/h13,24-25H,2,12,14-23H2,1,3-11H3/t24-,25-/m1/s1. The lowest BCUT2D eigenvalue weighted by Gasteiger charge is -2.40. The van der Waals surface area contributed by atoms with Crippen LogP contribution in [0.2, 0.25) is 23.9 Å². The third-order valence-corrected chi connectivity index (χ3v) is 12.9. The van der Waals surface area contributed by atoms with Crippen molar-refractivity contribution in [3.05, 3.63) is 12.7 Å². The molecule has 33 heavy (non-hydrogen) atoms. The highest BCUT2D eigenvalue weighted by molar-refractivity contribution is 6.74. The van der Waals surface area contributed by atoms with Crippen LogP contribution < -0.4 is 0 Å². The Bertz CT molecular complexity index is 552. The fraction of sp³-hybridized carbons (Fsp3) is 0.929. The van der Waals surface area contributed by atoms with Crippen molar-refractivity contribution in [2.45, 2.75) is 167 Å². The molecule has 1 aliphatic rings. The van der Waals surface area contributed by atoms with Gasteiger partial charge in [0.1, 0.15) is 0 Å². The van der Waals surface area contributed by atoms with Gasteiger partial charge in [-0.1, -0.05) is 85.1 Å². The molecule has 1 fully saturated rings. The highest BCUT2D eigenvalue weighted by Crippen LogP contribution is 2.44. The van der Waals surface area contributed by atoms with E-state index in [4.69, 9.17) is 13.7 Å². The zero-order valence-electron chi connectivity index (χ0n) is 24.0. The molecule has 0 aromatic carbocycles. The van der Waals surface area contributed by atoms with Gasteiger partial charge in [-0.3, -0.25) is 0 Å². The zero-order valence-corrected chi connectivity index (χ0v) is 25.0. The van der Waals surface area contributed by atoms with Crippen LogP contribution in [0.1, 0.15) is 126 Å². The van der Waals surface area contributed by atoms with Crippen LogP contribution in [0.5, 0.6) is 0 Å². The summed E-state index contributed by atoms with van der Waals surface area (Å²) >= 11 is 0. The summed E-state index contributed by atoms with van der Waals surface area (Å²) in [5, 5.41) is 0.211. The molecule has 194 valence electrons. The van der Waals surface area contributed by atoms with E-state index in [1.807, 2.05) is 6.08 Å². The molecule has 2 atom stereocenters. The van der Waals surface area contributed by atoms with Gasteiger partial charge in [0.2, 0.25) is 0 Å². The van der Waals surface area contributed by atoms with Gasteiger partial charge in [-0.2, -0.15) is 0 Å². The molecule has 0 spiro atoms. The fourth-order valence-electron chi connectivity index (χ4n) is 4.28. The van der Waals surface area contributed by atoms with Crippen LogP contribution in [-0.4, -0.2) is 32.7 Å². The Kier molecular flexibility index (Phi) is 12.4. The van der Waals surface area contributed by atoms with Crippen molar-refractivity contribution in [1.82, 2.24) is 0 Å². The third kappa shape index (κ3) is 9.82. The number of hydrogen-bond donors (Lipinski definition) is 0. The predicted octanol–water partition coefficient (Wildman–Crippen LogP) is 9.34. The van der Waals surface area contributed by atoms with E-state index in [1.54, 1.807) is 0 Å². The van der Waals surface area contributed by atoms with Gasteiger partial charge in [-0.05, 0) is 70.9 Å². The van der Waals surface area contributed by atoms with Gasteiger partial charge in [0.05, 0.1) is 11.2 Å². The first kappa shape index (κ1) is 30.9. The zero-order chi connectivity index (χ0) is 25.3. The Labute approximate surface area is 209 Å². The van der Waals surface area contributed by atoms with E-state index in [2.05, 4.69) is 75.1 Å². The van der Waals surface area contributed by atoms with Crippen molar-refractivity contribution >= 4 is 15.4 Å². The minimum Gasteiger partial charge on any atom is -0.414 e. The lowest BCUT2D eigenvalue weighted by atomic mass is 9.67. The molecule has 0 unspecified atom stereocenters. The van der Waals surface area contributed by atoms with E-state index in [0.717, 1.165) is 19.3 Å². The summed E-state index contributed by atoms with van der Waals surface area (Å²) in [4.78, 5) is 0. The van der Waals surface area contributed by atoms with E-state index in [9.17, 15) is 0 Å². The summed E-state index contributed by atoms with van der Waals surface area (Å²) in [6.07, 6.45) is 16.1. The Morgan fingerprint density at radius 2 is 1.39 bits per heavy atom. The average molecular weight is 481 g/mol. The average Bonchev–Trinajstić information content (AvgIpc) is 2.89. The summed E-state index contributed by atoms with van der Waals surface area (Å²) < 4.78 is 19.9. The number of hydrogen-bond acceptors (Lipinski definition) is 3. The second-order valence-corrected chi connectivity index (χ2v) is 17.7. The SMILES string of the molecule is C=CC[C@H](C[C@@H](CCCCCCCCCC)O[Si](C)(C)C(C)(C)C)B1OC(C)(C)C(C)(C)O1. The molecule has 0 saturated carbocycles. The van der Waals surface area contributed by atoms with Gasteiger partial charge in [-0.15, -0.1) is 6.58 Å². The first-order valence-electron chi connectivity index (χ1n) is 13.8. The van der Waals surface area contributed by atoms with E-state index >= 15 is 0 Å². The quantitative estimate of drug-likeness (QED) is 0.125. The van der Waals surface area contributed by atoms with Gasteiger partial charge >= 0.3 is 7.12 Å². The number of rotatable bonds is 16. The van der Waals surface area contributed by atoms with Crippen molar-refractivity contribution in [1.29, 1.82) is 0 Å². The highest BCUT2D eigenvalue weighted by atomic mass is 28.4. The van der Waals surface area contributed by atoms with E-state index in [-0.39, 0.29) is 35.3 Å². The molecule has 1 saturated heterocycles. The molecule has 5 heteroatoms. The summed E-state index contributed by atoms with van der Waals surface area (Å²) in [7, 11) is -2.05. The molecule has 1 aliphatic heterocycles. The molecule has 1 heterocycles. The van der Waals surface area contributed by atoms with Crippen molar-refractivity contribution in [2.75, 3.05) is 0 Å². The van der Waals surface area contributed by atoms with E-state index < -0.39 is 8.32 Å². The lowest BCUT2D eigenvalue weighted by molar-refractivity contribution is 0.00578. The van der Waals surface area contributed by atoms with Crippen LogP contribution in [0.25, 0.3) is 0 Å². The van der Waals surface area contributed by atoms with Gasteiger partial charge < -0.3 is 13.7 Å². The summed E-state index contributed by atoms with van der Waals surface area (Å²) in [6.45, 7) is 26.7. The molecule has 0 aliphatic carbocycles. The highest BCUT2D eigenvalue weighted by Gasteiger charge is 2.53. The largest absolute Gasteiger partial charge is 0.461 e. The summed E-state index contributed by atoms with van der Waals surface area (Å²) in [6, 6.07) is 0. The van der Waals surface area contributed by atoms with Gasteiger partial charge in [0.25, 0.3) is 0 Å². The molecule has 0 bridgehead atoms. The van der Waals surface area contributed by atoms with Crippen LogP contribution in [0.3, 0.4) is 0 Å². The molecule has 0 aromatic rings. The van der Waals surface area contributed by atoms with Crippen molar-refractivity contribution < 1.29 is 13.7 Å². The Balaban J connectivity index is 2.80. The van der Waals surface area contributed by atoms with Crippen LogP contribution >= 0.6 is 0 Å². The maximum absolute atomic E-state index is 7.00. The molecule has 0 amide bonds. The van der Waals surface area contributed by atoms with Crippen LogP contribution in [-0.2, 0) is 13.7 Å². The lowest BCUT2D eigenvalue weighted by Crippen LogP contribution is -2.44. The summed E-state index contributed by atoms with van der Waals surface area (Å²) in [5.41, 5.74) is -0.602. The molecule has 0 aromatic heterocycles. The third-order valence-electron chi connectivity index (χ3n) is 8.34. The Hall–Kier alpha value is -0.0982. The molecule has 1 rings (SSSR count). The predicted molar refractivity (Wildman–Crippen MR) is 149 cm³/mol. The van der Waals surface area contributed by atoms with E-state index in [0.29, 0.717) is 0 Å². The minimum atomic E-state index is -1.85. The maximum atomic E-state index is 7.00. The molecule has 0 radical (unpaired) electrons. The van der Waals surface area contributed by atoms with Crippen LogP contribution in [0.4, 0.5) is 0 Å². The van der Waals surface area contributed by atoms with Crippen LogP contribution in [0.15, 0.2) is 12.7 Å². The second-order valence-electron chi connectivity index (χ2n) is 12.9.